The smallest absolute Gasteiger partial charge is 0.257 e. The molecule has 0 saturated carbocycles. The van der Waals surface area contributed by atoms with Crippen molar-refractivity contribution < 1.29 is 23.5 Å². The van der Waals surface area contributed by atoms with E-state index in [-0.39, 0.29) is 29.9 Å². The van der Waals surface area contributed by atoms with Gasteiger partial charge in [-0.15, -0.1) is 0 Å². The molecule has 3 aliphatic heterocycles. The first-order valence-electron chi connectivity index (χ1n) is 11.3. The van der Waals surface area contributed by atoms with Crippen LogP contribution in [0.4, 0.5) is 4.39 Å². The van der Waals surface area contributed by atoms with Crippen molar-refractivity contribution in [1.82, 2.24) is 9.80 Å². The number of hydrogen-bond acceptors (Lipinski definition) is 4. The maximum Gasteiger partial charge on any atom is 0.257 e. The molecule has 3 aliphatic rings. The van der Waals surface area contributed by atoms with E-state index in [4.69, 9.17) is 9.47 Å². The van der Waals surface area contributed by atoms with Crippen molar-refractivity contribution in [2.45, 2.75) is 50.5 Å². The second-order valence-corrected chi connectivity index (χ2v) is 8.68. The number of piperidine rings is 1. The van der Waals surface area contributed by atoms with E-state index >= 15 is 0 Å². The third kappa shape index (κ3) is 3.54. The Balaban J connectivity index is 1.28. The summed E-state index contributed by atoms with van der Waals surface area (Å²) in [4.78, 5) is 30.1. The fourth-order valence-electron chi connectivity index (χ4n) is 5.23. The van der Waals surface area contributed by atoms with Gasteiger partial charge in [-0.1, -0.05) is 18.2 Å². The molecule has 2 amide bonds. The van der Waals surface area contributed by atoms with Gasteiger partial charge in [-0.05, 0) is 55.7 Å². The highest BCUT2D eigenvalue weighted by atomic mass is 19.1. The predicted octanol–water partition coefficient (Wildman–Crippen LogP) is 3.92. The molecule has 0 unspecified atom stereocenters. The summed E-state index contributed by atoms with van der Waals surface area (Å²) in [7, 11) is 0. The van der Waals surface area contributed by atoms with Crippen molar-refractivity contribution in [1.29, 1.82) is 0 Å². The Morgan fingerprint density at radius 2 is 1.94 bits per heavy atom. The molecule has 2 aromatic rings. The zero-order chi connectivity index (χ0) is 22.3. The number of carbonyl (C=O) groups is 2. The van der Waals surface area contributed by atoms with E-state index in [1.54, 1.807) is 28.0 Å². The fraction of sp³-hybridized carbons (Fsp3) is 0.440. The molecule has 3 fully saturated rings. The topological polar surface area (TPSA) is 59.1 Å². The SMILES string of the molecule is CCOc1cccc(C(=O)N2CCC3(CC2)O[C@@H]2CC[C@@H](c4cccc(F)c4)N2C3=O)c1. The van der Waals surface area contributed by atoms with E-state index in [2.05, 4.69) is 0 Å². The van der Waals surface area contributed by atoms with Gasteiger partial charge in [0, 0.05) is 31.5 Å². The standard InChI is InChI=1S/C25H27FN2O4/c1-2-31-20-8-4-6-18(16-20)23(29)27-13-11-25(12-14-27)24(30)28-21(9-10-22(28)32-25)17-5-3-7-19(26)15-17/h3-8,15-16,21-22H,2,9-14H2,1H3/t21-,22+/m0/s1. The van der Waals surface area contributed by atoms with Crippen LogP contribution in [-0.4, -0.2) is 53.1 Å². The van der Waals surface area contributed by atoms with Gasteiger partial charge in [-0.3, -0.25) is 9.59 Å². The number of likely N-dealkylation sites (tertiary alicyclic amines) is 1. The maximum atomic E-state index is 13.8. The molecule has 0 radical (unpaired) electrons. The summed E-state index contributed by atoms with van der Waals surface area (Å²) < 4.78 is 25.6. The Kier molecular flexibility index (Phi) is 5.37. The monoisotopic (exact) mass is 438 g/mol. The number of nitrogens with zero attached hydrogens (tertiary/aromatic N) is 2. The molecular formula is C25H27FN2O4. The number of hydrogen-bond donors (Lipinski definition) is 0. The van der Waals surface area contributed by atoms with Gasteiger partial charge in [0.25, 0.3) is 11.8 Å². The van der Waals surface area contributed by atoms with Crippen LogP contribution in [0.25, 0.3) is 0 Å². The van der Waals surface area contributed by atoms with Crippen molar-refractivity contribution in [3.05, 3.63) is 65.5 Å². The van der Waals surface area contributed by atoms with Crippen LogP contribution >= 0.6 is 0 Å². The average molecular weight is 438 g/mol. The summed E-state index contributed by atoms with van der Waals surface area (Å²) in [5.41, 5.74) is 0.501. The van der Waals surface area contributed by atoms with Crippen LogP contribution in [0.15, 0.2) is 48.5 Å². The van der Waals surface area contributed by atoms with Crippen molar-refractivity contribution in [3.63, 3.8) is 0 Å². The van der Waals surface area contributed by atoms with Crippen molar-refractivity contribution >= 4 is 11.8 Å². The summed E-state index contributed by atoms with van der Waals surface area (Å²) in [6, 6.07) is 13.5. The summed E-state index contributed by atoms with van der Waals surface area (Å²) >= 11 is 0. The van der Waals surface area contributed by atoms with E-state index in [0.717, 1.165) is 18.4 Å². The van der Waals surface area contributed by atoms with Gasteiger partial charge in [-0.25, -0.2) is 4.39 Å². The highest BCUT2D eigenvalue weighted by molar-refractivity contribution is 5.95. The van der Waals surface area contributed by atoms with E-state index in [9.17, 15) is 14.0 Å². The van der Waals surface area contributed by atoms with Crippen LogP contribution in [-0.2, 0) is 9.53 Å². The minimum Gasteiger partial charge on any atom is -0.494 e. The lowest BCUT2D eigenvalue weighted by molar-refractivity contribution is -0.142. The lowest BCUT2D eigenvalue weighted by atomic mass is 9.89. The minimum atomic E-state index is -0.888. The van der Waals surface area contributed by atoms with Crippen LogP contribution in [0.2, 0.25) is 0 Å². The Bertz CT molecular complexity index is 1030. The lowest BCUT2D eigenvalue weighted by Crippen LogP contribution is -2.51. The normalized spacial score (nSPS) is 24.1. The molecule has 2 atom stereocenters. The zero-order valence-electron chi connectivity index (χ0n) is 18.1. The number of fused-ring (bicyclic) bond motifs is 1. The Labute approximate surface area is 186 Å². The van der Waals surface area contributed by atoms with E-state index in [1.165, 1.54) is 12.1 Å². The van der Waals surface area contributed by atoms with Crippen LogP contribution in [0.3, 0.4) is 0 Å². The summed E-state index contributed by atoms with van der Waals surface area (Å²) in [6.45, 7) is 3.35. The van der Waals surface area contributed by atoms with Crippen LogP contribution < -0.4 is 4.74 Å². The molecule has 3 saturated heterocycles. The number of amides is 2. The Morgan fingerprint density at radius 1 is 1.16 bits per heavy atom. The molecular weight excluding hydrogens is 411 g/mol. The van der Waals surface area contributed by atoms with Gasteiger partial charge >= 0.3 is 0 Å². The first kappa shape index (κ1) is 20.9. The van der Waals surface area contributed by atoms with Gasteiger partial charge < -0.3 is 19.3 Å². The number of halogens is 1. The molecule has 7 heteroatoms. The first-order chi connectivity index (χ1) is 15.5. The van der Waals surface area contributed by atoms with E-state index in [1.807, 2.05) is 25.1 Å². The summed E-state index contributed by atoms with van der Waals surface area (Å²) in [5, 5.41) is 0. The second kappa shape index (κ2) is 8.20. The number of carbonyl (C=O) groups excluding carboxylic acids is 2. The largest absolute Gasteiger partial charge is 0.494 e. The van der Waals surface area contributed by atoms with Crippen molar-refractivity contribution in [2.75, 3.05) is 19.7 Å². The van der Waals surface area contributed by atoms with Crippen LogP contribution in [0.5, 0.6) is 5.75 Å². The third-order valence-corrected chi connectivity index (χ3v) is 6.80. The first-order valence-corrected chi connectivity index (χ1v) is 11.3. The fourth-order valence-corrected chi connectivity index (χ4v) is 5.23. The van der Waals surface area contributed by atoms with Gasteiger partial charge in [0.2, 0.25) is 0 Å². The molecule has 32 heavy (non-hydrogen) atoms. The zero-order valence-corrected chi connectivity index (χ0v) is 18.1. The minimum absolute atomic E-state index is 0.0281. The number of benzene rings is 2. The molecule has 1 spiro atoms. The van der Waals surface area contributed by atoms with Gasteiger partial charge in [0.05, 0.1) is 12.6 Å². The maximum absolute atomic E-state index is 13.8. The highest BCUT2D eigenvalue weighted by Gasteiger charge is 2.58. The summed E-state index contributed by atoms with van der Waals surface area (Å²) in [6.07, 6.45) is 2.15. The van der Waals surface area contributed by atoms with Crippen molar-refractivity contribution in [2.24, 2.45) is 0 Å². The molecule has 2 aromatic carbocycles. The van der Waals surface area contributed by atoms with Crippen molar-refractivity contribution in [3.8, 4) is 5.75 Å². The summed E-state index contributed by atoms with van der Waals surface area (Å²) in [5.74, 6) is 0.281. The number of rotatable bonds is 4. The van der Waals surface area contributed by atoms with Gasteiger partial charge in [0.1, 0.15) is 17.8 Å². The molecule has 0 N–H and O–H groups in total. The predicted molar refractivity (Wildman–Crippen MR) is 116 cm³/mol. The molecule has 6 nitrogen and oxygen atoms in total. The molecule has 168 valence electrons. The Hall–Kier alpha value is -2.93. The van der Waals surface area contributed by atoms with Gasteiger partial charge in [0.15, 0.2) is 5.60 Å². The molecule has 0 aromatic heterocycles. The van der Waals surface area contributed by atoms with Crippen LogP contribution in [0, 0.1) is 5.82 Å². The average Bonchev–Trinajstić information content (AvgIpc) is 3.32. The number of ether oxygens (including phenoxy) is 2. The van der Waals surface area contributed by atoms with Gasteiger partial charge in [-0.2, -0.15) is 0 Å². The third-order valence-electron chi connectivity index (χ3n) is 6.80. The molecule has 0 aliphatic carbocycles. The second-order valence-electron chi connectivity index (χ2n) is 8.68. The highest BCUT2D eigenvalue weighted by Crippen LogP contribution is 2.47. The Morgan fingerprint density at radius 3 is 2.69 bits per heavy atom. The molecule has 3 heterocycles. The van der Waals surface area contributed by atoms with E-state index in [0.29, 0.717) is 43.9 Å². The molecule has 5 rings (SSSR count). The van der Waals surface area contributed by atoms with Crippen LogP contribution in [0.1, 0.15) is 54.6 Å². The molecule has 0 bridgehead atoms. The quantitative estimate of drug-likeness (QED) is 0.726. The lowest BCUT2D eigenvalue weighted by Gasteiger charge is -2.37. The van der Waals surface area contributed by atoms with E-state index < -0.39 is 5.60 Å².